The van der Waals surface area contributed by atoms with E-state index in [4.69, 9.17) is 0 Å². The van der Waals surface area contributed by atoms with Gasteiger partial charge in [0.2, 0.25) is 5.91 Å². The number of unbranched alkanes of at least 4 members (excludes halogenated alkanes) is 1. The minimum absolute atomic E-state index is 0.243. The molecule has 0 bridgehead atoms. The summed E-state index contributed by atoms with van der Waals surface area (Å²) in [6, 6.07) is -0.871. The monoisotopic (exact) mass is 232 g/mol. The van der Waals surface area contributed by atoms with Crippen molar-refractivity contribution in [3.05, 3.63) is 0 Å². The lowest BCUT2D eigenvalue weighted by atomic mass is 10.1. The molecule has 0 heterocycles. The van der Waals surface area contributed by atoms with Crippen LogP contribution in [0.5, 0.6) is 0 Å². The normalized spacial score (nSPS) is 12.1. The van der Waals surface area contributed by atoms with Crippen molar-refractivity contribution in [3.63, 3.8) is 0 Å². The summed E-state index contributed by atoms with van der Waals surface area (Å²) in [7, 11) is 0. The molecule has 6 nitrogen and oxygen atoms in total. The zero-order valence-corrected chi connectivity index (χ0v) is 9.67. The Balaban J connectivity index is 3.92. The molecule has 0 aromatic rings. The summed E-state index contributed by atoms with van der Waals surface area (Å²) in [6.07, 6.45) is 3.00. The van der Waals surface area contributed by atoms with Crippen LogP contribution in [0.15, 0.2) is 0 Å². The van der Waals surface area contributed by atoms with E-state index in [9.17, 15) is 14.7 Å². The van der Waals surface area contributed by atoms with Crippen LogP contribution in [0.2, 0.25) is 0 Å². The molecule has 0 fully saturated rings. The Bertz CT molecular complexity index is 221. The number of nitrogens with one attached hydrogen (secondary N) is 1. The van der Waals surface area contributed by atoms with Crippen molar-refractivity contribution < 1.29 is 26.2 Å². The van der Waals surface area contributed by atoms with Crippen molar-refractivity contribution in [1.82, 2.24) is 5.32 Å². The van der Waals surface area contributed by atoms with Crippen LogP contribution in [0.1, 0.15) is 32.1 Å². The van der Waals surface area contributed by atoms with Gasteiger partial charge in [-0.2, -0.15) is 0 Å². The van der Waals surface area contributed by atoms with Crippen LogP contribution < -0.4 is 21.9 Å². The molecule has 0 aromatic heterocycles. The molecule has 0 saturated heterocycles. The summed E-state index contributed by atoms with van der Waals surface area (Å²) in [6.45, 7) is 1.44. The molecule has 94 valence electrons. The number of carboxylic acids is 1. The summed E-state index contributed by atoms with van der Waals surface area (Å²) < 4.78 is 0. The highest BCUT2D eigenvalue weighted by molar-refractivity contribution is 5.82. The van der Waals surface area contributed by atoms with Gasteiger partial charge in [-0.1, -0.05) is 0 Å². The van der Waals surface area contributed by atoms with Crippen LogP contribution in [-0.4, -0.2) is 31.0 Å². The molecule has 0 spiro atoms. The van der Waals surface area contributed by atoms with Crippen molar-refractivity contribution in [2.24, 2.45) is 0 Å². The Morgan fingerprint density at radius 2 is 1.75 bits per heavy atom. The fourth-order valence-electron chi connectivity index (χ4n) is 1.33. The van der Waals surface area contributed by atoms with Crippen molar-refractivity contribution in [2.75, 3.05) is 13.1 Å². The molecule has 0 saturated carbocycles. The molecule has 0 unspecified atom stereocenters. The molecule has 1 atom stereocenters. The second kappa shape index (κ2) is 9.11. The fourth-order valence-corrected chi connectivity index (χ4v) is 1.33. The standard InChI is InChI=1S/C10H21N3O3/c11-6-2-1-4-8(10(15)16)13-9(14)5-3-7-12/h8H,1-7,11-12H2,(H,13,14)(H,15,16)/p+1/t8-/m0/s1. The number of rotatable bonds is 9. The van der Waals surface area contributed by atoms with Gasteiger partial charge in [0, 0.05) is 12.8 Å². The smallest absolute Gasteiger partial charge is 0.220 e. The van der Waals surface area contributed by atoms with Gasteiger partial charge in [0.1, 0.15) is 0 Å². The van der Waals surface area contributed by atoms with E-state index in [-0.39, 0.29) is 5.91 Å². The first-order chi connectivity index (χ1) is 7.61. The first-order valence-corrected chi connectivity index (χ1v) is 5.70. The Morgan fingerprint density at radius 1 is 1.12 bits per heavy atom. The summed E-state index contributed by atoms with van der Waals surface area (Å²) in [4.78, 5) is 22.1. The van der Waals surface area contributed by atoms with Gasteiger partial charge < -0.3 is 26.7 Å². The SMILES string of the molecule is [NH3+]CCCC[C@H](NC(=O)CCC[NH3+])C(=O)[O-]. The van der Waals surface area contributed by atoms with E-state index in [1.165, 1.54) is 0 Å². The Labute approximate surface area is 95.4 Å². The van der Waals surface area contributed by atoms with Gasteiger partial charge in [0.25, 0.3) is 0 Å². The molecule has 0 rings (SSSR count). The summed E-state index contributed by atoms with van der Waals surface area (Å²) in [5.41, 5.74) is 7.29. The molecular formula is C10H22N3O3+. The van der Waals surface area contributed by atoms with E-state index in [2.05, 4.69) is 16.8 Å². The maximum atomic E-state index is 11.3. The molecule has 1 amide bonds. The third kappa shape index (κ3) is 7.19. The van der Waals surface area contributed by atoms with Crippen LogP contribution >= 0.6 is 0 Å². The average molecular weight is 232 g/mol. The maximum absolute atomic E-state index is 11.3. The van der Waals surface area contributed by atoms with Gasteiger partial charge >= 0.3 is 0 Å². The van der Waals surface area contributed by atoms with E-state index in [1.54, 1.807) is 0 Å². The third-order valence-corrected chi connectivity index (χ3v) is 2.27. The predicted octanol–water partition coefficient (Wildman–Crippen LogP) is -3.34. The minimum atomic E-state index is -1.22. The molecule has 16 heavy (non-hydrogen) atoms. The molecule has 0 aliphatic rings. The predicted molar refractivity (Wildman–Crippen MR) is 55.5 cm³/mol. The van der Waals surface area contributed by atoms with E-state index in [0.29, 0.717) is 25.8 Å². The van der Waals surface area contributed by atoms with E-state index in [0.717, 1.165) is 19.4 Å². The molecular weight excluding hydrogens is 210 g/mol. The van der Waals surface area contributed by atoms with Gasteiger partial charge in [0.15, 0.2) is 0 Å². The van der Waals surface area contributed by atoms with Crippen LogP contribution in [0.4, 0.5) is 0 Å². The molecule has 0 aliphatic heterocycles. The lowest BCUT2D eigenvalue weighted by Crippen LogP contribution is -2.51. The summed E-state index contributed by atoms with van der Waals surface area (Å²) in [5, 5.41) is 13.2. The number of hydrogen-bond acceptors (Lipinski definition) is 3. The van der Waals surface area contributed by atoms with Gasteiger partial charge in [-0.15, -0.1) is 0 Å². The van der Waals surface area contributed by atoms with Crippen molar-refractivity contribution in [3.8, 4) is 0 Å². The first-order valence-electron chi connectivity index (χ1n) is 5.70. The zero-order chi connectivity index (χ0) is 12.4. The molecule has 0 radical (unpaired) electrons. The molecule has 7 N–H and O–H groups in total. The highest BCUT2D eigenvalue weighted by Gasteiger charge is 2.12. The maximum Gasteiger partial charge on any atom is 0.220 e. The number of quaternary nitrogens is 2. The molecule has 0 aromatic carbocycles. The number of amides is 1. The number of carbonyl (C=O) groups excluding carboxylic acids is 2. The van der Waals surface area contributed by atoms with Crippen molar-refractivity contribution in [1.29, 1.82) is 0 Å². The van der Waals surface area contributed by atoms with E-state index in [1.807, 2.05) is 0 Å². The lowest BCUT2D eigenvalue weighted by molar-refractivity contribution is -0.368. The number of aliphatic carboxylic acids is 1. The number of hydrogen-bond donors (Lipinski definition) is 3. The second-order valence-electron chi connectivity index (χ2n) is 3.75. The fraction of sp³-hybridized carbons (Fsp3) is 0.800. The first kappa shape index (κ1) is 14.9. The van der Waals surface area contributed by atoms with Gasteiger partial charge in [0.05, 0.1) is 25.1 Å². The van der Waals surface area contributed by atoms with Crippen LogP contribution in [-0.2, 0) is 9.59 Å². The van der Waals surface area contributed by atoms with Crippen LogP contribution in [0.25, 0.3) is 0 Å². The Morgan fingerprint density at radius 3 is 2.25 bits per heavy atom. The van der Waals surface area contributed by atoms with E-state index >= 15 is 0 Å². The minimum Gasteiger partial charge on any atom is -0.548 e. The second-order valence-corrected chi connectivity index (χ2v) is 3.75. The van der Waals surface area contributed by atoms with Gasteiger partial charge in [-0.05, 0) is 19.3 Å². The van der Waals surface area contributed by atoms with Crippen LogP contribution in [0, 0.1) is 0 Å². The van der Waals surface area contributed by atoms with E-state index < -0.39 is 12.0 Å². The topological polar surface area (TPSA) is 125 Å². The molecule has 6 heteroatoms. The number of carboxylic acid groups (broad SMARTS) is 1. The van der Waals surface area contributed by atoms with Crippen molar-refractivity contribution >= 4 is 11.9 Å². The highest BCUT2D eigenvalue weighted by atomic mass is 16.4. The Kier molecular flexibility index (Phi) is 8.46. The molecule has 0 aliphatic carbocycles. The van der Waals surface area contributed by atoms with Gasteiger partial charge in [-0.3, -0.25) is 4.79 Å². The quantitative estimate of drug-likeness (QED) is 0.360. The highest BCUT2D eigenvalue weighted by Crippen LogP contribution is 2.00. The largest absolute Gasteiger partial charge is 0.548 e. The summed E-state index contributed by atoms with van der Waals surface area (Å²) in [5.74, 6) is -1.46. The third-order valence-electron chi connectivity index (χ3n) is 2.27. The van der Waals surface area contributed by atoms with Gasteiger partial charge in [-0.25, -0.2) is 0 Å². The lowest BCUT2D eigenvalue weighted by Gasteiger charge is -2.19. The Hall–Kier alpha value is -1.14. The average Bonchev–Trinajstić information content (AvgIpc) is 2.25. The number of carbonyl (C=O) groups is 2. The summed E-state index contributed by atoms with van der Waals surface area (Å²) >= 11 is 0. The van der Waals surface area contributed by atoms with Crippen molar-refractivity contribution in [2.45, 2.75) is 38.1 Å². The van der Waals surface area contributed by atoms with Crippen LogP contribution in [0.3, 0.4) is 0 Å². The zero-order valence-electron chi connectivity index (χ0n) is 9.67.